The van der Waals surface area contributed by atoms with Gasteiger partial charge in [0.25, 0.3) is 5.91 Å². The van der Waals surface area contributed by atoms with Gasteiger partial charge in [0.1, 0.15) is 0 Å². The number of nitrogens with zero attached hydrogens (tertiary/aromatic N) is 1. The predicted octanol–water partition coefficient (Wildman–Crippen LogP) is 2.91. The van der Waals surface area contributed by atoms with Crippen LogP contribution < -0.4 is 5.32 Å². The number of nitrogens with one attached hydrogen (secondary N) is 1. The Morgan fingerprint density at radius 2 is 2.00 bits per heavy atom. The Balaban J connectivity index is 2.12. The van der Waals surface area contributed by atoms with Crippen LogP contribution in [0, 0.1) is 13.8 Å². The van der Waals surface area contributed by atoms with E-state index >= 15 is 0 Å². The second kappa shape index (κ2) is 6.89. The van der Waals surface area contributed by atoms with Crippen molar-refractivity contribution in [2.24, 2.45) is 0 Å². The van der Waals surface area contributed by atoms with Crippen molar-refractivity contribution in [3.8, 4) is 0 Å². The first kappa shape index (κ1) is 15.0. The van der Waals surface area contributed by atoms with Crippen LogP contribution in [-0.4, -0.2) is 36.5 Å². The number of benzene rings is 1. The van der Waals surface area contributed by atoms with E-state index in [0.717, 1.165) is 42.7 Å². The van der Waals surface area contributed by atoms with Crippen molar-refractivity contribution in [1.82, 2.24) is 10.2 Å². The Morgan fingerprint density at radius 1 is 1.30 bits per heavy atom. The molecule has 3 nitrogen and oxygen atoms in total. The van der Waals surface area contributed by atoms with Crippen LogP contribution in [0.4, 0.5) is 0 Å². The van der Waals surface area contributed by atoms with E-state index in [4.69, 9.17) is 0 Å². The van der Waals surface area contributed by atoms with Crippen LogP contribution in [-0.2, 0) is 0 Å². The van der Waals surface area contributed by atoms with Gasteiger partial charge >= 0.3 is 0 Å². The molecule has 20 heavy (non-hydrogen) atoms. The Hall–Kier alpha value is -1.35. The molecule has 1 saturated heterocycles. The molecule has 110 valence electrons. The van der Waals surface area contributed by atoms with E-state index in [-0.39, 0.29) is 5.91 Å². The van der Waals surface area contributed by atoms with E-state index in [1.54, 1.807) is 0 Å². The maximum Gasteiger partial charge on any atom is 0.253 e. The third-order valence-corrected chi connectivity index (χ3v) is 3.85. The van der Waals surface area contributed by atoms with Crippen molar-refractivity contribution in [3.05, 3.63) is 34.9 Å². The zero-order chi connectivity index (χ0) is 14.5. The van der Waals surface area contributed by atoms with E-state index in [0.29, 0.717) is 6.04 Å². The molecule has 0 aromatic heterocycles. The summed E-state index contributed by atoms with van der Waals surface area (Å²) >= 11 is 0. The van der Waals surface area contributed by atoms with Gasteiger partial charge in [-0.25, -0.2) is 0 Å². The maximum atomic E-state index is 12.7. The van der Waals surface area contributed by atoms with E-state index in [1.165, 1.54) is 12.8 Å². The van der Waals surface area contributed by atoms with Crippen LogP contribution in [0.2, 0.25) is 0 Å². The molecule has 1 aromatic rings. The lowest BCUT2D eigenvalue weighted by Crippen LogP contribution is -2.41. The fourth-order valence-corrected chi connectivity index (χ4v) is 3.00. The molecule has 1 aliphatic heterocycles. The van der Waals surface area contributed by atoms with Gasteiger partial charge in [-0.3, -0.25) is 4.79 Å². The van der Waals surface area contributed by atoms with Gasteiger partial charge in [-0.1, -0.05) is 24.1 Å². The summed E-state index contributed by atoms with van der Waals surface area (Å²) < 4.78 is 0. The van der Waals surface area contributed by atoms with E-state index < -0.39 is 0 Å². The Labute approximate surface area is 122 Å². The number of hydrogen-bond donors (Lipinski definition) is 1. The first-order valence-corrected chi connectivity index (χ1v) is 7.71. The van der Waals surface area contributed by atoms with Crippen molar-refractivity contribution in [2.45, 2.75) is 46.1 Å². The van der Waals surface area contributed by atoms with Gasteiger partial charge in [0.05, 0.1) is 0 Å². The average Bonchev–Trinajstić information content (AvgIpc) is 2.89. The smallest absolute Gasteiger partial charge is 0.253 e. The summed E-state index contributed by atoms with van der Waals surface area (Å²) in [5, 5.41) is 3.48. The zero-order valence-corrected chi connectivity index (χ0v) is 12.9. The van der Waals surface area contributed by atoms with Crippen LogP contribution in [0.5, 0.6) is 0 Å². The van der Waals surface area contributed by atoms with Gasteiger partial charge in [0.2, 0.25) is 0 Å². The molecule has 1 heterocycles. The van der Waals surface area contributed by atoms with Gasteiger partial charge < -0.3 is 10.2 Å². The Morgan fingerprint density at radius 3 is 2.55 bits per heavy atom. The van der Waals surface area contributed by atoms with E-state index in [9.17, 15) is 4.79 Å². The molecule has 1 atom stereocenters. The molecule has 2 rings (SSSR count). The second-order valence-corrected chi connectivity index (χ2v) is 5.92. The van der Waals surface area contributed by atoms with Crippen LogP contribution in [0.1, 0.15) is 47.7 Å². The minimum atomic E-state index is 0.173. The molecule has 0 saturated carbocycles. The summed E-state index contributed by atoms with van der Waals surface area (Å²) in [6.07, 6.45) is 3.41. The molecule has 0 spiro atoms. The molecule has 1 fully saturated rings. The van der Waals surface area contributed by atoms with Crippen molar-refractivity contribution in [2.75, 3.05) is 19.6 Å². The largest absolute Gasteiger partial charge is 0.337 e. The molecule has 3 heteroatoms. The quantitative estimate of drug-likeness (QED) is 0.895. The molecule has 0 aliphatic carbocycles. The standard InChI is InChI=1S/C17H26N2O/c1-4-8-19(12-16-6-5-7-18-16)17(20)15-10-13(2)9-14(3)11-15/h9-11,16,18H,4-8,12H2,1-3H3. The second-order valence-electron chi connectivity index (χ2n) is 5.92. The highest BCUT2D eigenvalue weighted by molar-refractivity contribution is 5.94. The molecular formula is C17H26N2O. The number of carbonyl (C=O) groups excluding carboxylic acids is 1. The Bertz CT molecular complexity index is 444. The minimum absolute atomic E-state index is 0.173. The highest BCUT2D eigenvalue weighted by atomic mass is 16.2. The summed E-state index contributed by atoms with van der Waals surface area (Å²) in [5.41, 5.74) is 3.14. The lowest BCUT2D eigenvalue weighted by molar-refractivity contribution is 0.0741. The number of rotatable bonds is 5. The summed E-state index contributed by atoms with van der Waals surface area (Å²) in [5.74, 6) is 0.173. The minimum Gasteiger partial charge on any atom is -0.337 e. The summed E-state index contributed by atoms with van der Waals surface area (Å²) in [4.78, 5) is 14.7. The van der Waals surface area contributed by atoms with E-state index in [2.05, 4.69) is 18.3 Å². The van der Waals surface area contributed by atoms with Crippen LogP contribution in [0.25, 0.3) is 0 Å². The van der Waals surface area contributed by atoms with Crippen LogP contribution in [0.3, 0.4) is 0 Å². The van der Waals surface area contributed by atoms with Gasteiger partial charge in [0, 0.05) is 24.7 Å². The monoisotopic (exact) mass is 274 g/mol. The van der Waals surface area contributed by atoms with E-state index in [1.807, 2.05) is 30.9 Å². The van der Waals surface area contributed by atoms with Crippen molar-refractivity contribution in [1.29, 1.82) is 0 Å². The van der Waals surface area contributed by atoms with Gasteiger partial charge in [-0.15, -0.1) is 0 Å². The predicted molar refractivity (Wildman–Crippen MR) is 83.1 cm³/mol. The molecule has 0 radical (unpaired) electrons. The average molecular weight is 274 g/mol. The summed E-state index contributed by atoms with van der Waals surface area (Å²) in [6.45, 7) is 8.98. The fraction of sp³-hybridized carbons (Fsp3) is 0.588. The Kier molecular flexibility index (Phi) is 5.18. The van der Waals surface area contributed by atoms with Gasteiger partial charge in [-0.05, 0) is 51.8 Å². The number of amides is 1. The lowest BCUT2D eigenvalue weighted by Gasteiger charge is -2.26. The number of hydrogen-bond acceptors (Lipinski definition) is 2. The summed E-state index contributed by atoms with van der Waals surface area (Å²) in [6, 6.07) is 6.58. The molecule has 0 bridgehead atoms. The molecule has 1 amide bonds. The van der Waals surface area contributed by atoms with Crippen LogP contribution >= 0.6 is 0 Å². The third kappa shape index (κ3) is 3.83. The molecular weight excluding hydrogens is 248 g/mol. The highest BCUT2D eigenvalue weighted by Crippen LogP contribution is 2.14. The molecule has 1 aliphatic rings. The first-order valence-electron chi connectivity index (χ1n) is 7.71. The first-order chi connectivity index (χ1) is 9.60. The fourth-order valence-electron chi connectivity index (χ4n) is 3.00. The summed E-state index contributed by atoms with van der Waals surface area (Å²) in [7, 11) is 0. The topological polar surface area (TPSA) is 32.3 Å². The van der Waals surface area contributed by atoms with Crippen molar-refractivity contribution < 1.29 is 4.79 Å². The molecule has 1 unspecified atom stereocenters. The normalized spacial score (nSPS) is 18.2. The third-order valence-electron chi connectivity index (χ3n) is 3.85. The van der Waals surface area contributed by atoms with Crippen molar-refractivity contribution in [3.63, 3.8) is 0 Å². The van der Waals surface area contributed by atoms with Gasteiger partial charge in [-0.2, -0.15) is 0 Å². The molecule has 1 aromatic carbocycles. The number of carbonyl (C=O) groups is 1. The van der Waals surface area contributed by atoms with Crippen LogP contribution in [0.15, 0.2) is 18.2 Å². The lowest BCUT2D eigenvalue weighted by atomic mass is 10.1. The SMILES string of the molecule is CCCN(CC1CCCN1)C(=O)c1cc(C)cc(C)c1. The highest BCUT2D eigenvalue weighted by Gasteiger charge is 2.22. The zero-order valence-electron chi connectivity index (χ0n) is 12.9. The number of aryl methyl sites for hydroxylation is 2. The van der Waals surface area contributed by atoms with Gasteiger partial charge in [0.15, 0.2) is 0 Å². The maximum absolute atomic E-state index is 12.7. The molecule has 1 N–H and O–H groups in total. The van der Waals surface area contributed by atoms with Crippen molar-refractivity contribution >= 4 is 5.91 Å².